The molecule has 0 fully saturated rings. The Bertz CT molecular complexity index is 3410. The van der Waals surface area contributed by atoms with Crippen LogP contribution in [0.15, 0.2) is 182 Å². The van der Waals surface area contributed by atoms with E-state index in [4.69, 9.17) is 9.97 Å². The lowest BCUT2D eigenvalue weighted by Crippen LogP contribution is -2.04. The maximum absolute atomic E-state index is 5.38. The molecule has 4 heterocycles. The average molecular weight is 719 g/mol. The van der Waals surface area contributed by atoms with Gasteiger partial charge in [0.15, 0.2) is 0 Å². The molecule has 0 spiro atoms. The van der Waals surface area contributed by atoms with Crippen molar-refractivity contribution in [1.29, 1.82) is 0 Å². The Morgan fingerprint density at radius 3 is 1.56 bits per heavy atom. The summed E-state index contributed by atoms with van der Waals surface area (Å²) >= 11 is 1.87. The van der Waals surface area contributed by atoms with Gasteiger partial charge in [0.05, 0.1) is 38.2 Å². The summed E-state index contributed by atoms with van der Waals surface area (Å²) < 4.78 is 7.22. The van der Waals surface area contributed by atoms with Crippen LogP contribution in [0.2, 0.25) is 0 Å². The molecule has 0 saturated carbocycles. The average Bonchev–Trinajstić information content (AvgIpc) is 3.91. The predicted octanol–water partition coefficient (Wildman–Crippen LogP) is 13.5. The SMILES string of the molecule is c1ccc(-c2cc(-c3ccccc3)nc(-n3c4ccccc4c4c5ccccc5c5c6cc7c8ccccc8n(-c8ccccc8)c7cc6sc5c43)n2)cc1. The van der Waals surface area contributed by atoms with Crippen LogP contribution in [0.4, 0.5) is 0 Å². The fourth-order valence-electron chi connectivity index (χ4n) is 8.75. The lowest BCUT2D eigenvalue weighted by atomic mass is 9.98. The molecule has 256 valence electrons. The minimum Gasteiger partial charge on any atom is -0.309 e. The fraction of sp³-hybridized carbons (Fsp3) is 0. The van der Waals surface area contributed by atoms with E-state index in [0.717, 1.165) is 39.2 Å². The number of rotatable bonds is 4. The molecule has 5 heteroatoms. The maximum atomic E-state index is 5.38. The first kappa shape index (κ1) is 30.4. The molecule has 4 aromatic heterocycles. The Kier molecular flexibility index (Phi) is 6.47. The third kappa shape index (κ3) is 4.45. The monoisotopic (exact) mass is 718 g/mol. The van der Waals surface area contributed by atoms with Gasteiger partial charge in [0.1, 0.15) is 0 Å². The van der Waals surface area contributed by atoms with Crippen molar-refractivity contribution in [2.75, 3.05) is 0 Å². The summed E-state index contributed by atoms with van der Waals surface area (Å²) in [5.74, 6) is 0.659. The van der Waals surface area contributed by atoms with E-state index in [1.807, 2.05) is 23.5 Å². The molecule has 0 amide bonds. The highest BCUT2D eigenvalue weighted by Crippen LogP contribution is 2.49. The minimum atomic E-state index is 0.659. The number of hydrogen-bond acceptors (Lipinski definition) is 3. The Labute approximate surface area is 319 Å². The third-order valence-electron chi connectivity index (χ3n) is 11.1. The van der Waals surface area contributed by atoms with E-state index in [9.17, 15) is 0 Å². The van der Waals surface area contributed by atoms with Crippen LogP contribution < -0.4 is 0 Å². The number of para-hydroxylation sites is 3. The standard InChI is InChI=1S/C50H30N4S/c1-4-16-31(17-5-1)40-29-41(32-18-6-2-7-19-32)52-50(51-40)54-43-27-15-13-25-37(43)46-35-23-10-11-24-36(35)47-39-28-38-34-22-12-14-26-42(34)53(33-20-8-3-9-21-33)44(38)30-45(39)55-49(47)48(46)54/h1-30H. The first-order valence-corrected chi connectivity index (χ1v) is 19.4. The summed E-state index contributed by atoms with van der Waals surface area (Å²) in [5.41, 5.74) is 9.69. The number of thiophene rings is 1. The second kappa shape index (κ2) is 11.7. The number of benzene rings is 8. The second-order valence-electron chi connectivity index (χ2n) is 14.2. The lowest BCUT2D eigenvalue weighted by molar-refractivity contribution is 0.998. The second-order valence-corrected chi connectivity index (χ2v) is 15.2. The van der Waals surface area contributed by atoms with Crippen molar-refractivity contribution in [2.45, 2.75) is 0 Å². The van der Waals surface area contributed by atoms with Crippen molar-refractivity contribution >= 4 is 85.9 Å². The van der Waals surface area contributed by atoms with Gasteiger partial charge in [0, 0.05) is 53.8 Å². The van der Waals surface area contributed by atoms with Gasteiger partial charge in [0.25, 0.3) is 0 Å². The molecule has 0 aliphatic rings. The Morgan fingerprint density at radius 1 is 0.382 bits per heavy atom. The molecule has 0 bridgehead atoms. The highest BCUT2D eigenvalue weighted by atomic mass is 32.1. The lowest BCUT2D eigenvalue weighted by Gasteiger charge is -2.12. The van der Waals surface area contributed by atoms with Gasteiger partial charge in [-0.15, -0.1) is 11.3 Å². The minimum absolute atomic E-state index is 0.659. The van der Waals surface area contributed by atoms with Crippen molar-refractivity contribution in [2.24, 2.45) is 0 Å². The van der Waals surface area contributed by atoms with Crippen molar-refractivity contribution in [3.05, 3.63) is 182 Å². The van der Waals surface area contributed by atoms with Crippen LogP contribution in [0.1, 0.15) is 0 Å². The predicted molar refractivity (Wildman–Crippen MR) is 232 cm³/mol. The van der Waals surface area contributed by atoms with Crippen LogP contribution >= 0.6 is 11.3 Å². The van der Waals surface area contributed by atoms with Gasteiger partial charge in [-0.1, -0.05) is 140 Å². The molecule has 4 nitrogen and oxygen atoms in total. The Hall–Kier alpha value is -7.08. The maximum Gasteiger partial charge on any atom is 0.235 e. The van der Waals surface area contributed by atoms with Gasteiger partial charge in [-0.05, 0) is 53.2 Å². The van der Waals surface area contributed by atoms with Crippen molar-refractivity contribution in [1.82, 2.24) is 19.1 Å². The van der Waals surface area contributed by atoms with Crippen LogP contribution in [0, 0.1) is 0 Å². The summed E-state index contributed by atoms with van der Waals surface area (Å²) in [4.78, 5) is 10.8. The molecule has 0 atom stereocenters. The van der Waals surface area contributed by atoms with Crippen LogP contribution in [-0.4, -0.2) is 19.1 Å². The molecule has 12 aromatic rings. The van der Waals surface area contributed by atoms with Crippen LogP contribution in [0.5, 0.6) is 0 Å². The molecule has 0 radical (unpaired) electrons. The highest BCUT2D eigenvalue weighted by Gasteiger charge is 2.24. The summed E-state index contributed by atoms with van der Waals surface area (Å²) in [5, 5.41) is 9.95. The highest BCUT2D eigenvalue weighted by molar-refractivity contribution is 7.27. The van der Waals surface area contributed by atoms with Crippen molar-refractivity contribution in [3.63, 3.8) is 0 Å². The van der Waals surface area contributed by atoms with Crippen molar-refractivity contribution < 1.29 is 0 Å². The van der Waals surface area contributed by atoms with E-state index in [1.165, 1.54) is 63.5 Å². The molecule has 0 saturated heterocycles. The number of fused-ring (bicyclic) bond motifs is 13. The van der Waals surface area contributed by atoms with Crippen LogP contribution in [0.3, 0.4) is 0 Å². The normalized spacial score (nSPS) is 12.0. The van der Waals surface area contributed by atoms with Gasteiger partial charge in [-0.25, -0.2) is 9.97 Å². The topological polar surface area (TPSA) is 35.6 Å². The zero-order valence-corrected chi connectivity index (χ0v) is 30.3. The molecule has 8 aromatic carbocycles. The smallest absolute Gasteiger partial charge is 0.235 e. The molecule has 0 N–H and O–H groups in total. The zero-order chi connectivity index (χ0) is 36.0. The van der Waals surface area contributed by atoms with Gasteiger partial charge in [-0.2, -0.15) is 0 Å². The first-order valence-electron chi connectivity index (χ1n) is 18.6. The van der Waals surface area contributed by atoms with Crippen LogP contribution in [0.25, 0.3) is 109 Å². The fourth-order valence-corrected chi connectivity index (χ4v) is 10.0. The van der Waals surface area contributed by atoms with Gasteiger partial charge in [0.2, 0.25) is 5.95 Å². The molecular formula is C50H30N4S. The molecule has 0 unspecified atom stereocenters. The van der Waals surface area contributed by atoms with E-state index in [1.54, 1.807) is 0 Å². The number of aromatic nitrogens is 4. The summed E-state index contributed by atoms with van der Waals surface area (Å²) in [6, 6.07) is 65.0. The van der Waals surface area contributed by atoms with E-state index in [-0.39, 0.29) is 0 Å². The molecule has 55 heavy (non-hydrogen) atoms. The Balaban J connectivity index is 1.26. The van der Waals surface area contributed by atoms with E-state index < -0.39 is 0 Å². The molecular weight excluding hydrogens is 689 g/mol. The van der Waals surface area contributed by atoms with E-state index >= 15 is 0 Å². The quantitative estimate of drug-likeness (QED) is 0.182. The molecule has 12 rings (SSSR count). The van der Waals surface area contributed by atoms with Gasteiger partial charge >= 0.3 is 0 Å². The van der Waals surface area contributed by atoms with E-state index in [0.29, 0.717) is 5.95 Å². The largest absolute Gasteiger partial charge is 0.309 e. The van der Waals surface area contributed by atoms with Gasteiger partial charge in [-0.3, -0.25) is 4.57 Å². The zero-order valence-electron chi connectivity index (χ0n) is 29.5. The number of hydrogen-bond donors (Lipinski definition) is 0. The number of nitrogens with zero attached hydrogens (tertiary/aromatic N) is 4. The Morgan fingerprint density at radius 2 is 0.909 bits per heavy atom. The summed E-state index contributed by atoms with van der Waals surface area (Å²) in [7, 11) is 0. The van der Waals surface area contributed by atoms with Crippen LogP contribution in [-0.2, 0) is 0 Å². The third-order valence-corrected chi connectivity index (χ3v) is 12.3. The summed E-state index contributed by atoms with van der Waals surface area (Å²) in [6.07, 6.45) is 0. The first-order chi connectivity index (χ1) is 27.3. The summed E-state index contributed by atoms with van der Waals surface area (Å²) in [6.45, 7) is 0. The molecule has 0 aliphatic carbocycles. The van der Waals surface area contributed by atoms with E-state index in [2.05, 4.69) is 179 Å². The van der Waals surface area contributed by atoms with Gasteiger partial charge < -0.3 is 4.57 Å². The molecule has 0 aliphatic heterocycles. The van der Waals surface area contributed by atoms with Crippen molar-refractivity contribution in [3.8, 4) is 34.2 Å².